The monoisotopic (exact) mass is 333 g/mol. The number of aromatic hydroxyl groups is 1. The zero-order valence-electron chi connectivity index (χ0n) is 13.3. The average Bonchev–Trinajstić information content (AvgIpc) is 2.47. The van der Waals surface area contributed by atoms with E-state index in [0.29, 0.717) is 4.90 Å². The second-order valence-corrected chi connectivity index (χ2v) is 4.89. The highest BCUT2D eigenvalue weighted by molar-refractivity contribution is 6.19. The number of phenolic OH excluding ortho intramolecular Hbond substituents is 1. The third kappa shape index (κ3) is 2.98. The van der Waals surface area contributed by atoms with Gasteiger partial charge in [0.25, 0.3) is 0 Å². The maximum Gasteiger partial charge on any atom is 0.361 e. The molecule has 0 saturated heterocycles. The van der Waals surface area contributed by atoms with E-state index in [-0.39, 0.29) is 28.9 Å². The van der Waals surface area contributed by atoms with E-state index < -0.39 is 29.1 Å². The second kappa shape index (κ2) is 6.53. The van der Waals surface area contributed by atoms with Crippen molar-refractivity contribution in [2.24, 2.45) is 0 Å². The Morgan fingerprint density at radius 3 is 2.38 bits per heavy atom. The number of rotatable bonds is 3. The number of carbonyl (C=O) groups excluding carboxylic acids is 3. The molecule has 0 saturated carbocycles. The molecule has 0 radical (unpaired) electrons. The Kier molecular flexibility index (Phi) is 4.68. The molecule has 0 aliphatic heterocycles. The molecule has 0 bridgehead atoms. The Hall–Kier alpha value is -3.16. The van der Waals surface area contributed by atoms with Gasteiger partial charge in [-0.1, -0.05) is 0 Å². The number of esters is 1. The van der Waals surface area contributed by atoms with Gasteiger partial charge in [-0.05, 0) is 25.1 Å². The molecule has 0 atom stereocenters. The molecule has 8 nitrogen and oxygen atoms in total. The van der Waals surface area contributed by atoms with E-state index in [1.807, 2.05) is 0 Å². The second-order valence-electron chi connectivity index (χ2n) is 4.89. The fraction of sp³-hybridized carbons (Fsp3) is 0.250. The molecule has 0 aliphatic carbocycles. The number of ether oxygens (including phenoxy) is 1. The molecule has 8 heteroatoms. The molecule has 24 heavy (non-hydrogen) atoms. The van der Waals surface area contributed by atoms with Gasteiger partial charge in [0, 0.05) is 19.2 Å². The van der Waals surface area contributed by atoms with Gasteiger partial charge in [-0.2, -0.15) is 0 Å². The van der Waals surface area contributed by atoms with Crippen LogP contribution in [0.3, 0.4) is 0 Å². The Morgan fingerprint density at radius 1 is 1.21 bits per heavy atom. The summed E-state index contributed by atoms with van der Waals surface area (Å²) in [4.78, 5) is 48.8. The minimum Gasteiger partial charge on any atom is -0.508 e. The van der Waals surface area contributed by atoms with Crippen LogP contribution in [0.25, 0.3) is 11.0 Å². The molecule has 0 aliphatic rings. The molecule has 1 N–H and O–H groups in total. The number of carbonyl (C=O) groups is 3. The molecule has 2 rings (SSSR count). The SMILES string of the molecule is CCOC(=O)c1c(N(C(C)=O)C(C)=O)c(=O)oc2ccc(O)cc12. The lowest BCUT2D eigenvalue weighted by Gasteiger charge is -2.19. The molecular formula is C16H15NO7. The fourth-order valence-electron chi connectivity index (χ4n) is 2.33. The number of nitrogens with zero attached hydrogens (tertiary/aromatic N) is 1. The van der Waals surface area contributed by atoms with Gasteiger partial charge in [-0.15, -0.1) is 0 Å². The van der Waals surface area contributed by atoms with Crippen molar-refractivity contribution in [3.05, 3.63) is 34.2 Å². The topological polar surface area (TPSA) is 114 Å². The van der Waals surface area contributed by atoms with Crippen LogP contribution in [0.5, 0.6) is 5.75 Å². The molecule has 126 valence electrons. The van der Waals surface area contributed by atoms with Crippen molar-refractivity contribution < 1.29 is 28.6 Å². The molecule has 1 aromatic carbocycles. The molecule has 2 amide bonds. The molecule has 0 fully saturated rings. The summed E-state index contributed by atoms with van der Waals surface area (Å²) in [6, 6.07) is 3.75. The maximum absolute atomic E-state index is 12.4. The number of fused-ring (bicyclic) bond motifs is 1. The summed E-state index contributed by atoms with van der Waals surface area (Å²) in [6.07, 6.45) is 0. The smallest absolute Gasteiger partial charge is 0.361 e. The average molecular weight is 333 g/mol. The maximum atomic E-state index is 12.4. The summed E-state index contributed by atoms with van der Waals surface area (Å²) < 4.78 is 10.0. The highest BCUT2D eigenvalue weighted by Crippen LogP contribution is 2.29. The zero-order chi connectivity index (χ0) is 18.0. The van der Waals surface area contributed by atoms with Crippen molar-refractivity contribution >= 4 is 34.4 Å². The summed E-state index contributed by atoms with van der Waals surface area (Å²) in [7, 11) is 0. The number of amides is 2. The molecule has 1 aromatic heterocycles. The van der Waals surface area contributed by atoms with Crippen LogP contribution in [-0.4, -0.2) is 29.5 Å². The Labute approximate surface area is 136 Å². The summed E-state index contributed by atoms with van der Waals surface area (Å²) in [6.45, 7) is 3.72. The van der Waals surface area contributed by atoms with Crippen LogP contribution in [0.4, 0.5) is 5.69 Å². The van der Waals surface area contributed by atoms with E-state index in [1.165, 1.54) is 18.2 Å². The standard InChI is InChI=1S/C16H15NO7/c1-4-23-15(21)13-11-7-10(20)5-6-12(11)24-16(22)14(13)17(8(2)18)9(3)19/h5-7,20H,4H2,1-3H3. The molecule has 0 unspecified atom stereocenters. The van der Waals surface area contributed by atoms with Crippen LogP contribution in [0, 0.1) is 0 Å². The van der Waals surface area contributed by atoms with Gasteiger partial charge in [0.1, 0.15) is 16.9 Å². The van der Waals surface area contributed by atoms with Crippen molar-refractivity contribution in [2.45, 2.75) is 20.8 Å². The first-order valence-electron chi connectivity index (χ1n) is 7.06. The van der Waals surface area contributed by atoms with Gasteiger partial charge in [0.15, 0.2) is 5.69 Å². The first-order chi connectivity index (χ1) is 11.3. The summed E-state index contributed by atoms with van der Waals surface area (Å²) in [5.74, 6) is -2.63. The quantitative estimate of drug-likeness (QED) is 0.670. The van der Waals surface area contributed by atoms with E-state index in [2.05, 4.69) is 0 Å². The molecule has 1 heterocycles. The lowest BCUT2D eigenvalue weighted by Crippen LogP contribution is -2.38. The first kappa shape index (κ1) is 17.2. The van der Waals surface area contributed by atoms with Crippen LogP contribution in [-0.2, 0) is 14.3 Å². The normalized spacial score (nSPS) is 10.5. The van der Waals surface area contributed by atoms with Gasteiger partial charge >= 0.3 is 11.6 Å². The first-order valence-corrected chi connectivity index (χ1v) is 7.06. The number of imide groups is 1. The van der Waals surface area contributed by atoms with Crippen LogP contribution in [0.2, 0.25) is 0 Å². The van der Waals surface area contributed by atoms with Gasteiger partial charge in [-0.25, -0.2) is 14.5 Å². The van der Waals surface area contributed by atoms with Crippen LogP contribution >= 0.6 is 0 Å². The van der Waals surface area contributed by atoms with E-state index in [4.69, 9.17) is 9.15 Å². The largest absolute Gasteiger partial charge is 0.508 e. The third-order valence-electron chi connectivity index (χ3n) is 3.20. The van der Waals surface area contributed by atoms with Crippen molar-refractivity contribution in [1.29, 1.82) is 0 Å². The summed E-state index contributed by atoms with van der Waals surface area (Å²) in [5, 5.41) is 9.72. The predicted octanol–water partition coefficient (Wildman–Crippen LogP) is 1.57. The van der Waals surface area contributed by atoms with E-state index >= 15 is 0 Å². The number of anilines is 1. The lowest BCUT2D eigenvalue weighted by atomic mass is 10.1. The van der Waals surface area contributed by atoms with Gasteiger partial charge in [0.05, 0.1) is 6.61 Å². The number of phenols is 1. The predicted molar refractivity (Wildman–Crippen MR) is 83.9 cm³/mol. The zero-order valence-corrected chi connectivity index (χ0v) is 13.3. The van der Waals surface area contributed by atoms with E-state index in [0.717, 1.165) is 13.8 Å². The van der Waals surface area contributed by atoms with Crippen molar-refractivity contribution in [3.8, 4) is 5.75 Å². The van der Waals surface area contributed by atoms with Crippen LogP contribution < -0.4 is 10.5 Å². The van der Waals surface area contributed by atoms with Crippen LogP contribution in [0.1, 0.15) is 31.1 Å². The van der Waals surface area contributed by atoms with Crippen LogP contribution in [0.15, 0.2) is 27.4 Å². The van der Waals surface area contributed by atoms with E-state index in [9.17, 15) is 24.3 Å². The number of benzene rings is 1. The summed E-state index contributed by atoms with van der Waals surface area (Å²) >= 11 is 0. The fourth-order valence-corrected chi connectivity index (χ4v) is 2.33. The summed E-state index contributed by atoms with van der Waals surface area (Å²) in [5.41, 5.74) is -1.88. The van der Waals surface area contributed by atoms with Crippen molar-refractivity contribution in [1.82, 2.24) is 0 Å². The minimum atomic E-state index is -1.04. The Balaban J connectivity index is 2.96. The highest BCUT2D eigenvalue weighted by atomic mass is 16.5. The van der Waals surface area contributed by atoms with Gasteiger partial charge in [0.2, 0.25) is 11.8 Å². The number of hydrogen-bond donors (Lipinski definition) is 1. The number of hydrogen-bond acceptors (Lipinski definition) is 7. The molecule has 0 spiro atoms. The van der Waals surface area contributed by atoms with Gasteiger partial charge < -0.3 is 14.3 Å². The van der Waals surface area contributed by atoms with Crippen molar-refractivity contribution in [3.63, 3.8) is 0 Å². The van der Waals surface area contributed by atoms with E-state index in [1.54, 1.807) is 6.92 Å². The lowest BCUT2D eigenvalue weighted by molar-refractivity contribution is -0.124. The van der Waals surface area contributed by atoms with Gasteiger partial charge in [-0.3, -0.25) is 9.59 Å². The Bertz CT molecular complexity index is 883. The molecular weight excluding hydrogens is 318 g/mol. The molecule has 2 aromatic rings. The third-order valence-corrected chi connectivity index (χ3v) is 3.20. The highest BCUT2D eigenvalue weighted by Gasteiger charge is 2.30. The Morgan fingerprint density at radius 2 is 1.83 bits per heavy atom. The van der Waals surface area contributed by atoms with Crippen molar-refractivity contribution in [2.75, 3.05) is 11.5 Å². The minimum absolute atomic E-state index is 0.0108.